The van der Waals surface area contributed by atoms with Crippen molar-refractivity contribution in [3.05, 3.63) is 0 Å². The van der Waals surface area contributed by atoms with Crippen molar-refractivity contribution in [2.75, 3.05) is 11.5 Å². The van der Waals surface area contributed by atoms with Gasteiger partial charge in [-0.1, -0.05) is 0 Å². The molecular weight excluding hydrogens is 156 g/mol. The van der Waals surface area contributed by atoms with Crippen LogP contribution < -0.4 is 5.73 Å². The van der Waals surface area contributed by atoms with Crippen LogP contribution in [-0.4, -0.2) is 23.0 Å². The fourth-order valence-corrected chi connectivity index (χ4v) is 2.02. The highest BCUT2D eigenvalue weighted by Crippen LogP contribution is 2.35. The third-order valence-electron chi connectivity index (χ3n) is 1.44. The van der Waals surface area contributed by atoms with Crippen molar-refractivity contribution < 1.29 is 8.78 Å². The summed E-state index contributed by atoms with van der Waals surface area (Å²) < 4.78 is 24.7. The van der Waals surface area contributed by atoms with Crippen molar-refractivity contribution >= 4 is 11.8 Å². The lowest BCUT2D eigenvalue weighted by atomic mass is 9.97. The van der Waals surface area contributed by atoms with Gasteiger partial charge in [-0.05, 0) is 6.92 Å². The van der Waals surface area contributed by atoms with E-state index in [4.69, 9.17) is 5.73 Å². The molecular formula is C6H11F2NS. The molecule has 1 heterocycles. The first-order valence-corrected chi connectivity index (χ1v) is 4.31. The van der Waals surface area contributed by atoms with Crippen LogP contribution in [0.2, 0.25) is 0 Å². The highest BCUT2D eigenvalue weighted by Gasteiger charge is 2.41. The molecule has 1 rings (SSSR count). The van der Waals surface area contributed by atoms with Gasteiger partial charge in [0.15, 0.2) is 0 Å². The minimum atomic E-state index is -2.60. The summed E-state index contributed by atoms with van der Waals surface area (Å²) in [6.07, 6.45) is -0.174. The van der Waals surface area contributed by atoms with Crippen molar-refractivity contribution in [3.8, 4) is 0 Å². The van der Waals surface area contributed by atoms with Crippen LogP contribution in [-0.2, 0) is 0 Å². The molecule has 0 amide bonds. The maximum Gasteiger partial charge on any atom is 0.247 e. The Bertz CT molecular complexity index is 128. The number of thioether (sulfide) groups is 1. The highest BCUT2D eigenvalue weighted by molar-refractivity contribution is 8.00. The van der Waals surface area contributed by atoms with E-state index in [0.717, 1.165) is 6.92 Å². The fourth-order valence-electron chi connectivity index (χ4n) is 1.08. The molecule has 1 aliphatic heterocycles. The minimum Gasteiger partial charge on any atom is -0.324 e. The first kappa shape index (κ1) is 8.27. The van der Waals surface area contributed by atoms with Gasteiger partial charge in [0.1, 0.15) is 0 Å². The fraction of sp³-hybridized carbons (Fsp3) is 1.00. The summed E-state index contributed by atoms with van der Waals surface area (Å²) in [6.45, 7) is 0.921. The van der Waals surface area contributed by atoms with Crippen molar-refractivity contribution in [1.82, 2.24) is 0 Å². The molecule has 0 aliphatic carbocycles. The summed E-state index contributed by atoms with van der Waals surface area (Å²) in [7, 11) is 0. The van der Waals surface area contributed by atoms with Crippen LogP contribution in [0.25, 0.3) is 0 Å². The summed E-state index contributed by atoms with van der Waals surface area (Å²) in [5.74, 6) is -1.25. The second-order valence-corrected chi connectivity index (χ2v) is 4.09. The van der Waals surface area contributed by atoms with Gasteiger partial charge in [0.25, 0.3) is 0 Å². The van der Waals surface area contributed by atoms with Crippen molar-refractivity contribution in [2.45, 2.75) is 24.8 Å². The van der Waals surface area contributed by atoms with E-state index in [1.54, 1.807) is 11.8 Å². The van der Waals surface area contributed by atoms with Crippen molar-refractivity contribution in [2.24, 2.45) is 5.73 Å². The summed E-state index contributed by atoms with van der Waals surface area (Å²) in [5.41, 5.74) is 5.01. The average Bonchev–Trinajstić information content (AvgIpc) is 1.57. The van der Waals surface area contributed by atoms with Gasteiger partial charge in [0.05, 0.1) is 0 Å². The Labute approximate surface area is 63.4 Å². The highest BCUT2D eigenvalue weighted by atomic mass is 32.2. The number of nitrogens with two attached hydrogens (primary N) is 1. The van der Waals surface area contributed by atoms with Gasteiger partial charge in [0.2, 0.25) is 5.92 Å². The molecule has 0 aromatic heterocycles. The van der Waals surface area contributed by atoms with Gasteiger partial charge >= 0.3 is 0 Å². The standard InChI is InChI=1S/C6H11F2NS/c1-5(7,8)2-6(9)3-10-4-6/h2-4,9H2,1H3. The van der Waals surface area contributed by atoms with Crippen LogP contribution in [0, 0.1) is 0 Å². The lowest BCUT2D eigenvalue weighted by Crippen LogP contribution is -2.54. The Hall–Kier alpha value is 0.170. The summed E-state index contributed by atoms with van der Waals surface area (Å²) in [6, 6.07) is 0. The number of alkyl halides is 2. The zero-order valence-corrected chi connectivity index (χ0v) is 6.68. The first-order valence-electron chi connectivity index (χ1n) is 3.16. The predicted octanol–water partition coefficient (Wildman–Crippen LogP) is 1.48. The van der Waals surface area contributed by atoms with Crippen molar-refractivity contribution in [1.29, 1.82) is 0 Å². The van der Waals surface area contributed by atoms with Crippen LogP contribution >= 0.6 is 11.8 Å². The monoisotopic (exact) mass is 167 g/mol. The quantitative estimate of drug-likeness (QED) is 0.674. The Kier molecular flexibility index (Phi) is 1.94. The van der Waals surface area contributed by atoms with E-state index in [0.29, 0.717) is 11.5 Å². The maximum atomic E-state index is 12.3. The third-order valence-corrected chi connectivity index (χ3v) is 3.00. The second kappa shape index (κ2) is 2.34. The van der Waals surface area contributed by atoms with E-state index in [2.05, 4.69) is 0 Å². The Morgan fingerprint density at radius 3 is 2.20 bits per heavy atom. The van der Waals surface area contributed by atoms with E-state index >= 15 is 0 Å². The molecule has 0 atom stereocenters. The summed E-state index contributed by atoms with van der Waals surface area (Å²) >= 11 is 1.63. The molecule has 0 spiro atoms. The zero-order valence-electron chi connectivity index (χ0n) is 5.86. The molecule has 10 heavy (non-hydrogen) atoms. The van der Waals surface area contributed by atoms with E-state index in [-0.39, 0.29) is 6.42 Å². The predicted molar refractivity (Wildman–Crippen MR) is 39.5 cm³/mol. The molecule has 1 aliphatic rings. The van der Waals surface area contributed by atoms with Crippen LogP contribution in [0.3, 0.4) is 0 Å². The smallest absolute Gasteiger partial charge is 0.247 e. The van der Waals surface area contributed by atoms with Crippen molar-refractivity contribution in [3.63, 3.8) is 0 Å². The molecule has 1 fully saturated rings. The normalized spacial score (nSPS) is 24.0. The molecule has 0 aromatic carbocycles. The van der Waals surface area contributed by atoms with E-state index < -0.39 is 11.5 Å². The van der Waals surface area contributed by atoms with Gasteiger partial charge in [-0.2, -0.15) is 11.8 Å². The van der Waals surface area contributed by atoms with Crippen LogP contribution in [0.4, 0.5) is 8.78 Å². The maximum absolute atomic E-state index is 12.3. The molecule has 1 nitrogen and oxygen atoms in total. The number of rotatable bonds is 2. The largest absolute Gasteiger partial charge is 0.324 e. The van der Waals surface area contributed by atoms with E-state index in [1.165, 1.54) is 0 Å². The Morgan fingerprint density at radius 2 is 2.10 bits per heavy atom. The second-order valence-electron chi connectivity index (χ2n) is 3.10. The number of hydrogen-bond donors (Lipinski definition) is 1. The Morgan fingerprint density at radius 1 is 1.60 bits per heavy atom. The van der Waals surface area contributed by atoms with Gasteiger partial charge in [-0.15, -0.1) is 0 Å². The zero-order chi connectivity index (χ0) is 7.83. The minimum absolute atomic E-state index is 0.174. The van der Waals surface area contributed by atoms with E-state index in [9.17, 15) is 8.78 Å². The van der Waals surface area contributed by atoms with Gasteiger partial charge in [-0.3, -0.25) is 0 Å². The lowest BCUT2D eigenvalue weighted by molar-refractivity contribution is -0.00424. The summed E-state index contributed by atoms with van der Waals surface area (Å²) in [4.78, 5) is 0. The van der Waals surface area contributed by atoms with Gasteiger partial charge in [0, 0.05) is 23.5 Å². The molecule has 60 valence electrons. The van der Waals surface area contributed by atoms with Crippen LogP contribution in [0.15, 0.2) is 0 Å². The average molecular weight is 167 g/mol. The van der Waals surface area contributed by atoms with Crippen LogP contribution in [0.1, 0.15) is 13.3 Å². The molecule has 0 bridgehead atoms. The molecule has 0 radical (unpaired) electrons. The third kappa shape index (κ3) is 2.09. The topological polar surface area (TPSA) is 26.0 Å². The van der Waals surface area contributed by atoms with Gasteiger partial charge in [-0.25, -0.2) is 8.78 Å². The SMILES string of the molecule is CC(F)(F)CC1(N)CSC1. The number of hydrogen-bond acceptors (Lipinski definition) is 2. The van der Waals surface area contributed by atoms with E-state index in [1.807, 2.05) is 0 Å². The molecule has 0 unspecified atom stereocenters. The lowest BCUT2D eigenvalue weighted by Gasteiger charge is -2.38. The first-order chi connectivity index (χ1) is 4.41. The number of halogens is 2. The molecule has 2 N–H and O–H groups in total. The van der Waals surface area contributed by atoms with Crippen LogP contribution in [0.5, 0.6) is 0 Å². The van der Waals surface area contributed by atoms with Gasteiger partial charge < -0.3 is 5.73 Å². The molecule has 0 saturated carbocycles. The molecule has 4 heteroatoms. The molecule has 0 aromatic rings. The summed E-state index contributed by atoms with van der Waals surface area (Å²) in [5, 5.41) is 0. The Balaban J connectivity index is 2.37. The molecule has 1 saturated heterocycles.